The van der Waals surface area contributed by atoms with Gasteiger partial charge in [0.05, 0.1) is 0 Å². The van der Waals surface area contributed by atoms with E-state index in [-0.39, 0.29) is 5.82 Å². The first-order valence-electron chi connectivity index (χ1n) is 7.63. The molecule has 3 aromatic rings. The van der Waals surface area contributed by atoms with Gasteiger partial charge in [-0.15, -0.1) is 0 Å². The Balaban J connectivity index is 2.18. The number of benzene rings is 1. The molecule has 2 N–H and O–H groups in total. The summed E-state index contributed by atoms with van der Waals surface area (Å²) in [7, 11) is -4.35. The predicted molar refractivity (Wildman–Crippen MR) is 91.6 cm³/mol. The highest BCUT2D eigenvalue weighted by Gasteiger charge is 2.34. The van der Waals surface area contributed by atoms with E-state index in [9.17, 15) is 18.7 Å². The van der Waals surface area contributed by atoms with E-state index in [1.807, 2.05) is 18.2 Å². The number of rotatable bonds is 4. The van der Waals surface area contributed by atoms with Crippen molar-refractivity contribution in [2.75, 3.05) is 0 Å². The van der Waals surface area contributed by atoms with Crippen molar-refractivity contribution in [2.24, 2.45) is 0 Å². The Kier molecular flexibility index (Phi) is 4.77. The fourth-order valence-corrected chi connectivity index (χ4v) is 3.12. The molecule has 7 heteroatoms. The summed E-state index contributed by atoms with van der Waals surface area (Å²) in [4.78, 5) is 23.3. The normalized spacial score (nSPS) is 12.8. The van der Waals surface area contributed by atoms with Crippen LogP contribution in [0.1, 0.15) is 18.3 Å². The van der Waals surface area contributed by atoms with E-state index in [2.05, 4.69) is 4.98 Å². The molecule has 25 heavy (non-hydrogen) atoms. The van der Waals surface area contributed by atoms with Crippen LogP contribution < -0.4 is 4.57 Å². The first-order valence-corrected chi connectivity index (χ1v) is 9.31. The maximum Gasteiger partial charge on any atom is 0.338 e. The van der Waals surface area contributed by atoms with Crippen molar-refractivity contribution in [1.29, 1.82) is 0 Å². The van der Waals surface area contributed by atoms with Crippen molar-refractivity contribution >= 4 is 7.60 Å². The Hall–Kier alpha value is -2.40. The van der Waals surface area contributed by atoms with E-state index in [4.69, 9.17) is 0 Å². The zero-order valence-electron chi connectivity index (χ0n) is 13.5. The molecule has 0 aliphatic heterocycles. The minimum Gasteiger partial charge on any atom is -0.324 e. The zero-order chi connectivity index (χ0) is 18.0. The van der Waals surface area contributed by atoms with Gasteiger partial charge in [0.25, 0.3) is 0 Å². The van der Waals surface area contributed by atoms with Gasteiger partial charge < -0.3 is 9.79 Å². The molecule has 2 aromatic heterocycles. The van der Waals surface area contributed by atoms with Gasteiger partial charge in [-0.05, 0) is 42.3 Å². The maximum absolute atomic E-state index is 13.2. The lowest BCUT2D eigenvalue weighted by atomic mass is 10.1. The van der Waals surface area contributed by atoms with Crippen molar-refractivity contribution in [1.82, 2.24) is 4.98 Å². The second-order valence-electron chi connectivity index (χ2n) is 5.69. The van der Waals surface area contributed by atoms with Gasteiger partial charge in [0, 0.05) is 36.7 Å². The number of hydrogen-bond acceptors (Lipinski definition) is 2. The summed E-state index contributed by atoms with van der Waals surface area (Å²) in [5.41, 5.74) is 1.75. The minimum absolute atomic E-state index is 0.373. The second kappa shape index (κ2) is 6.84. The summed E-state index contributed by atoms with van der Waals surface area (Å²) >= 11 is 0. The lowest BCUT2D eigenvalue weighted by molar-refractivity contribution is -0.604. The van der Waals surface area contributed by atoms with Crippen LogP contribution in [-0.2, 0) is 4.57 Å². The van der Waals surface area contributed by atoms with Gasteiger partial charge in [-0.3, -0.25) is 9.55 Å². The van der Waals surface area contributed by atoms with Crippen LogP contribution in [0.25, 0.3) is 16.8 Å². The van der Waals surface area contributed by atoms with E-state index in [0.717, 1.165) is 11.1 Å². The molecule has 0 saturated heterocycles. The third-order valence-electron chi connectivity index (χ3n) is 4.04. The van der Waals surface area contributed by atoms with Gasteiger partial charge in [0.2, 0.25) is 11.4 Å². The Morgan fingerprint density at radius 3 is 2.28 bits per heavy atom. The first kappa shape index (κ1) is 17.4. The summed E-state index contributed by atoms with van der Waals surface area (Å²) < 4.78 is 26.7. The summed E-state index contributed by atoms with van der Waals surface area (Å²) in [5, 5.41) is 0. The average Bonchev–Trinajstić information content (AvgIpc) is 2.61. The molecule has 5 nitrogen and oxygen atoms in total. The van der Waals surface area contributed by atoms with Crippen LogP contribution in [0.15, 0.2) is 67.1 Å². The first-order chi connectivity index (χ1) is 11.9. The fraction of sp³-hybridized carbons (Fsp3) is 0.111. The third-order valence-corrected chi connectivity index (χ3v) is 5.31. The number of hydrogen-bond donors (Lipinski definition) is 2. The lowest BCUT2D eigenvalue weighted by Crippen LogP contribution is -2.36. The molecular weight excluding hydrogens is 342 g/mol. The number of nitrogens with zero attached hydrogens (tertiary/aromatic N) is 2. The molecule has 0 spiro atoms. The molecule has 0 saturated carbocycles. The van der Waals surface area contributed by atoms with E-state index in [1.54, 1.807) is 41.4 Å². The van der Waals surface area contributed by atoms with E-state index < -0.39 is 13.3 Å². The molecule has 1 aromatic carbocycles. The van der Waals surface area contributed by atoms with E-state index in [0.29, 0.717) is 11.4 Å². The Bertz CT molecular complexity index is 927. The topological polar surface area (TPSA) is 74.3 Å². The summed E-state index contributed by atoms with van der Waals surface area (Å²) in [6.45, 7) is 1.48. The maximum atomic E-state index is 13.2. The van der Waals surface area contributed by atoms with Crippen LogP contribution in [0.2, 0.25) is 0 Å². The van der Waals surface area contributed by atoms with Crippen LogP contribution in [-0.4, -0.2) is 14.8 Å². The molecule has 1 unspecified atom stereocenters. The number of pyridine rings is 2. The highest BCUT2D eigenvalue weighted by Crippen LogP contribution is 2.50. The van der Waals surface area contributed by atoms with Crippen LogP contribution in [0.5, 0.6) is 0 Å². The standard InChI is InChI=1S/C18H16FN2O3P/c1-13(25(22,23)24)18-12-15(14-6-9-20-10-7-14)8-11-21(18)17-4-2-16(19)3-5-17/h2-13H,1H3,(H-,22,23,24)/p+1. The third kappa shape index (κ3) is 3.82. The molecule has 1 atom stereocenters. The molecule has 0 bridgehead atoms. The number of aromatic nitrogens is 2. The van der Waals surface area contributed by atoms with Gasteiger partial charge >= 0.3 is 7.60 Å². The second-order valence-corrected chi connectivity index (χ2v) is 7.64. The van der Waals surface area contributed by atoms with E-state index >= 15 is 0 Å². The summed E-state index contributed by atoms with van der Waals surface area (Å²) in [6, 6.07) is 13.0. The van der Waals surface area contributed by atoms with Gasteiger partial charge in [0.1, 0.15) is 11.5 Å². The predicted octanol–water partition coefficient (Wildman–Crippen LogP) is 3.40. The molecule has 0 aliphatic carbocycles. The summed E-state index contributed by atoms with van der Waals surface area (Å²) in [6.07, 6.45) is 5.04. The van der Waals surface area contributed by atoms with Crippen LogP contribution in [0.3, 0.4) is 0 Å². The highest BCUT2D eigenvalue weighted by molar-refractivity contribution is 7.52. The minimum atomic E-state index is -4.35. The largest absolute Gasteiger partial charge is 0.338 e. The molecule has 0 fully saturated rings. The highest BCUT2D eigenvalue weighted by atomic mass is 31.2. The van der Waals surface area contributed by atoms with Gasteiger partial charge in [-0.1, -0.05) is 0 Å². The van der Waals surface area contributed by atoms with E-state index in [1.165, 1.54) is 19.1 Å². The SMILES string of the molecule is CC(c1cc(-c2ccncc2)cc[n+]1-c1ccc(F)cc1)P(=O)(O)O. The molecular formula is C18H17FN2O3P+. The fourth-order valence-electron chi connectivity index (χ4n) is 2.57. The lowest BCUT2D eigenvalue weighted by Gasteiger charge is -2.14. The monoisotopic (exact) mass is 359 g/mol. The van der Waals surface area contributed by atoms with Crippen molar-refractivity contribution in [3.8, 4) is 16.8 Å². The van der Waals surface area contributed by atoms with Crippen molar-refractivity contribution in [3.63, 3.8) is 0 Å². The molecule has 0 aliphatic rings. The van der Waals surface area contributed by atoms with Crippen molar-refractivity contribution < 1.29 is 23.3 Å². The molecule has 0 radical (unpaired) electrons. The van der Waals surface area contributed by atoms with Crippen molar-refractivity contribution in [3.05, 3.63) is 78.6 Å². The van der Waals surface area contributed by atoms with Gasteiger partial charge in [-0.25, -0.2) is 4.39 Å². The van der Waals surface area contributed by atoms with Crippen LogP contribution in [0.4, 0.5) is 4.39 Å². The Labute approximate surface area is 144 Å². The molecule has 0 amide bonds. The van der Waals surface area contributed by atoms with Gasteiger partial charge in [0.15, 0.2) is 6.20 Å². The molecule has 2 heterocycles. The molecule has 3 rings (SSSR count). The molecule has 128 valence electrons. The quantitative estimate of drug-likeness (QED) is 0.553. The van der Waals surface area contributed by atoms with Gasteiger partial charge in [-0.2, -0.15) is 4.57 Å². The Morgan fingerprint density at radius 2 is 1.68 bits per heavy atom. The zero-order valence-corrected chi connectivity index (χ0v) is 14.3. The van der Waals surface area contributed by atoms with Crippen LogP contribution in [0, 0.1) is 5.82 Å². The Morgan fingerprint density at radius 1 is 1.04 bits per heavy atom. The van der Waals surface area contributed by atoms with Crippen LogP contribution >= 0.6 is 7.60 Å². The average molecular weight is 359 g/mol. The van der Waals surface area contributed by atoms with Crippen molar-refractivity contribution in [2.45, 2.75) is 12.6 Å². The summed E-state index contributed by atoms with van der Waals surface area (Å²) in [5.74, 6) is -0.373. The smallest absolute Gasteiger partial charge is 0.324 e. The number of halogens is 1.